The second kappa shape index (κ2) is 3.14. The van der Waals surface area contributed by atoms with E-state index in [1.54, 1.807) is 18.2 Å². The normalized spacial score (nSPS) is 10.4. The molecule has 0 radical (unpaired) electrons. The van der Waals surface area contributed by atoms with Crippen LogP contribution in [0.1, 0.15) is 11.4 Å². The fourth-order valence-corrected chi connectivity index (χ4v) is 1.19. The molecule has 1 aromatic heterocycles. The summed E-state index contributed by atoms with van der Waals surface area (Å²) in [6, 6.07) is 6.99. The Morgan fingerprint density at radius 2 is 1.64 bits per heavy atom. The number of benzene rings is 1. The van der Waals surface area contributed by atoms with Gasteiger partial charge in [0.1, 0.15) is 11.4 Å². The number of aryl methyl sites for hydroxylation is 2. The van der Waals surface area contributed by atoms with E-state index in [1.807, 2.05) is 19.9 Å². The van der Waals surface area contributed by atoms with E-state index < -0.39 is 0 Å². The van der Waals surface area contributed by atoms with Crippen molar-refractivity contribution in [1.29, 1.82) is 0 Å². The standard InChI is InChI=1S/C10H11N3O/c1-7-8(2)12-13(11-7)9-5-3-4-6-10(9)14/h3-6,14H,1-2H3. The number of nitrogens with zero attached hydrogens (tertiary/aromatic N) is 3. The summed E-state index contributed by atoms with van der Waals surface area (Å²) in [5, 5.41) is 17.9. The molecule has 72 valence electrons. The van der Waals surface area contributed by atoms with Gasteiger partial charge in [0.15, 0.2) is 0 Å². The van der Waals surface area contributed by atoms with Gasteiger partial charge in [-0.3, -0.25) is 0 Å². The van der Waals surface area contributed by atoms with Crippen LogP contribution in [-0.2, 0) is 0 Å². The molecule has 0 saturated heterocycles. The van der Waals surface area contributed by atoms with E-state index in [0.29, 0.717) is 5.69 Å². The quantitative estimate of drug-likeness (QED) is 0.741. The van der Waals surface area contributed by atoms with Crippen LogP contribution in [0, 0.1) is 13.8 Å². The third-order valence-corrected chi connectivity index (χ3v) is 2.11. The Hall–Kier alpha value is -1.84. The van der Waals surface area contributed by atoms with Gasteiger partial charge in [-0.25, -0.2) is 0 Å². The van der Waals surface area contributed by atoms with Gasteiger partial charge in [-0.2, -0.15) is 10.2 Å². The van der Waals surface area contributed by atoms with Gasteiger partial charge in [-0.1, -0.05) is 12.1 Å². The highest BCUT2D eigenvalue weighted by Crippen LogP contribution is 2.19. The van der Waals surface area contributed by atoms with Crippen molar-refractivity contribution in [3.63, 3.8) is 0 Å². The van der Waals surface area contributed by atoms with Crippen LogP contribution in [0.3, 0.4) is 0 Å². The van der Waals surface area contributed by atoms with E-state index in [1.165, 1.54) is 4.80 Å². The fourth-order valence-electron chi connectivity index (χ4n) is 1.19. The van der Waals surface area contributed by atoms with Crippen LogP contribution < -0.4 is 0 Å². The molecule has 1 heterocycles. The first-order chi connectivity index (χ1) is 6.68. The molecule has 0 atom stereocenters. The summed E-state index contributed by atoms with van der Waals surface area (Å²) in [6.45, 7) is 3.78. The van der Waals surface area contributed by atoms with Crippen molar-refractivity contribution in [2.24, 2.45) is 0 Å². The Morgan fingerprint density at radius 1 is 1.07 bits per heavy atom. The van der Waals surface area contributed by atoms with Crippen molar-refractivity contribution in [2.45, 2.75) is 13.8 Å². The second-order valence-electron chi connectivity index (χ2n) is 3.15. The molecule has 0 unspecified atom stereocenters. The Bertz CT molecular complexity index is 443. The molecule has 14 heavy (non-hydrogen) atoms. The van der Waals surface area contributed by atoms with Crippen LogP contribution in [0.25, 0.3) is 5.69 Å². The molecule has 1 N–H and O–H groups in total. The summed E-state index contributed by atoms with van der Waals surface area (Å²) in [4.78, 5) is 1.44. The van der Waals surface area contributed by atoms with Crippen LogP contribution in [0.4, 0.5) is 0 Å². The molecule has 0 bridgehead atoms. The van der Waals surface area contributed by atoms with Gasteiger partial charge in [0.25, 0.3) is 0 Å². The molecule has 0 spiro atoms. The molecule has 0 aliphatic rings. The summed E-state index contributed by atoms with van der Waals surface area (Å²) >= 11 is 0. The predicted molar refractivity (Wildman–Crippen MR) is 52.5 cm³/mol. The number of hydrogen-bond acceptors (Lipinski definition) is 3. The molecular weight excluding hydrogens is 178 g/mol. The van der Waals surface area contributed by atoms with E-state index in [-0.39, 0.29) is 5.75 Å². The highest BCUT2D eigenvalue weighted by Gasteiger charge is 2.06. The molecule has 4 heteroatoms. The van der Waals surface area contributed by atoms with Crippen molar-refractivity contribution >= 4 is 0 Å². The van der Waals surface area contributed by atoms with Gasteiger partial charge in [-0.15, -0.1) is 4.80 Å². The van der Waals surface area contributed by atoms with Gasteiger partial charge in [-0.05, 0) is 26.0 Å². The minimum Gasteiger partial charge on any atom is -0.506 e. The lowest BCUT2D eigenvalue weighted by molar-refractivity contribution is 0.467. The van der Waals surface area contributed by atoms with Gasteiger partial charge < -0.3 is 5.11 Å². The fraction of sp³-hybridized carbons (Fsp3) is 0.200. The monoisotopic (exact) mass is 189 g/mol. The van der Waals surface area contributed by atoms with Crippen molar-refractivity contribution in [2.75, 3.05) is 0 Å². The van der Waals surface area contributed by atoms with E-state index in [9.17, 15) is 5.11 Å². The number of rotatable bonds is 1. The lowest BCUT2D eigenvalue weighted by Crippen LogP contribution is -1.98. The van der Waals surface area contributed by atoms with Crippen LogP contribution in [0.15, 0.2) is 24.3 Å². The lowest BCUT2D eigenvalue weighted by Gasteiger charge is -2.00. The van der Waals surface area contributed by atoms with Crippen LogP contribution in [-0.4, -0.2) is 20.1 Å². The van der Waals surface area contributed by atoms with Gasteiger partial charge in [0.2, 0.25) is 0 Å². The molecule has 1 aromatic carbocycles. The van der Waals surface area contributed by atoms with Crippen LogP contribution >= 0.6 is 0 Å². The summed E-state index contributed by atoms with van der Waals surface area (Å²) in [6.07, 6.45) is 0. The Kier molecular flexibility index (Phi) is 1.96. The van der Waals surface area contributed by atoms with E-state index in [2.05, 4.69) is 10.2 Å². The number of aromatic nitrogens is 3. The molecule has 0 saturated carbocycles. The number of phenolic OH excluding ortho intramolecular Hbond substituents is 1. The average molecular weight is 189 g/mol. The summed E-state index contributed by atoms with van der Waals surface area (Å²) in [5.41, 5.74) is 2.34. The van der Waals surface area contributed by atoms with Gasteiger partial charge in [0, 0.05) is 0 Å². The number of phenols is 1. The van der Waals surface area contributed by atoms with Gasteiger partial charge in [0.05, 0.1) is 11.4 Å². The highest BCUT2D eigenvalue weighted by molar-refractivity contribution is 5.43. The first-order valence-electron chi connectivity index (χ1n) is 4.37. The topological polar surface area (TPSA) is 50.9 Å². The number of aromatic hydroxyl groups is 1. The first-order valence-corrected chi connectivity index (χ1v) is 4.37. The zero-order chi connectivity index (χ0) is 10.1. The zero-order valence-corrected chi connectivity index (χ0v) is 8.10. The summed E-state index contributed by atoms with van der Waals surface area (Å²) < 4.78 is 0. The molecule has 2 rings (SSSR count). The largest absolute Gasteiger partial charge is 0.506 e. The summed E-state index contributed by atoms with van der Waals surface area (Å²) in [5.74, 6) is 0.183. The van der Waals surface area contributed by atoms with Gasteiger partial charge >= 0.3 is 0 Å². The second-order valence-corrected chi connectivity index (χ2v) is 3.15. The summed E-state index contributed by atoms with van der Waals surface area (Å²) in [7, 11) is 0. The predicted octanol–water partition coefficient (Wildman–Crippen LogP) is 1.59. The van der Waals surface area contributed by atoms with Crippen molar-refractivity contribution in [3.8, 4) is 11.4 Å². The molecule has 0 amide bonds. The maximum atomic E-state index is 9.56. The average Bonchev–Trinajstić information content (AvgIpc) is 2.48. The third-order valence-electron chi connectivity index (χ3n) is 2.11. The minimum atomic E-state index is 0.183. The maximum Gasteiger partial charge on any atom is 0.143 e. The van der Waals surface area contributed by atoms with E-state index >= 15 is 0 Å². The molecular formula is C10H11N3O. The zero-order valence-electron chi connectivity index (χ0n) is 8.10. The van der Waals surface area contributed by atoms with Crippen LogP contribution in [0.2, 0.25) is 0 Å². The van der Waals surface area contributed by atoms with E-state index in [0.717, 1.165) is 11.4 Å². The van der Waals surface area contributed by atoms with Crippen molar-refractivity contribution in [3.05, 3.63) is 35.7 Å². The molecule has 0 fully saturated rings. The molecule has 0 aliphatic heterocycles. The van der Waals surface area contributed by atoms with Crippen molar-refractivity contribution in [1.82, 2.24) is 15.0 Å². The first kappa shape index (κ1) is 8.74. The van der Waals surface area contributed by atoms with Crippen molar-refractivity contribution < 1.29 is 5.11 Å². The highest BCUT2D eigenvalue weighted by atomic mass is 16.3. The molecule has 4 nitrogen and oxygen atoms in total. The van der Waals surface area contributed by atoms with Crippen LogP contribution in [0.5, 0.6) is 5.75 Å². The lowest BCUT2D eigenvalue weighted by atomic mass is 10.3. The Balaban J connectivity index is 2.55. The maximum absolute atomic E-state index is 9.56. The molecule has 0 aliphatic carbocycles. The minimum absolute atomic E-state index is 0.183. The Morgan fingerprint density at radius 3 is 2.21 bits per heavy atom. The third kappa shape index (κ3) is 1.35. The molecule has 2 aromatic rings. The van der Waals surface area contributed by atoms with E-state index in [4.69, 9.17) is 0 Å². The smallest absolute Gasteiger partial charge is 0.143 e. The number of para-hydroxylation sites is 2. The Labute approximate surface area is 81.8 Å². The number of hydrogen-bond donors (Lipinski definition) is 1. The SMILES string of the molecule is Cc1nn(-c2ccccc2O)nc1C.